The number of carbonyl (C=O) groups excluding carboxylic acids is 1. The van der Waals surface area contributed by atoms with E-state index in [2.05, 4.69) is 16.1 Å². The molecule has 0 spiro atoms. The van der Waals surface area contributed by atoms with Gasteiger partial charge in [-0.25, -0.2) is 0 Å². The van der Waals surface area contributed by atoms with Gasteiger partial charge in [-0.1, -0.05) is 6.07 Å². The van der Waals surface area contributed by atoms with Crippen molar-refractivity contribution in [2.24, 2.45) is 13.0 Å². The summed E-state index contributed by atoms with van der Waals surface area (Å²) >= 11 is 0. The highest BCUT2D eigenvalue weighted by Crippen LogP contribution is 2.22. The van der Waals surface area contributed by atoms with Crippen LogP contribution in [-0.4, -0.2) is 38.7 Å². The second-order valence-corrected chi connectivity index (χ2v) is 6.10. The third-order valence-electron chi connectivity index (χ3n) is 4.37. The highest BCUT2D eigenvalue weighted by molar-refractivity contribution is 5.92. The fraction of sp³-hybridized carbons (Fsp3) is 0.471. The normalized spacial score (nSPS) is 16.0. The Balaban J connectivity index is 1.57. The topological polar surface area (TPSA) is 51.0 Å². The summed E-state index contributed by atoms with van der Waals surface area (Å²) in [7, 11) is 1.83. The summed E-state index contributed by atoms with van der Waals surface area (Å²) in [5.41, 5.74) is 2.86. The van der Waals surface area contributed by atoms with Gasteiger partial charge in [0.1, 0.15) is 5.69 Å². The van der Waals surface area contributed by atoms with Crippen molar-refractivity contribution in [2.45, 2.75) is 26.2 Å². The molecule has 0 atom stereocenters. The van der Waals surface area contributed by atoms with Gasteiger partial charge in [-0.05, 0) is 49.8 Å². The average molecular weight is 298 g/mol. The van der Waals surface area contributed by atoms with Crippen LogP contribution in [0.15, 0.2) is 30.6 Å². The minimum atomic E-state index is 0.0999. The molecule has 1 fully saturated rings. The van der Waals surface area contributed by atoms with E-state index in [1.807, 2.05) is 37.2 Å². The Labute approximate surface area is 131 Å². The minimum Gasteiger partial charge on any atom is -0.337 e. The molecule has 0 unspecified atom stereocenters. The Morgan fingerprint density at radius 1 is 1.36 bits per heavy atom. The molecule has 0 aromatic carbocycles. The maximum absolute atomic E-state index is 12.6. The zero-order chi connectivity index (χ0) is 15.5. The van der Waals surface area contributed by atoms with Crippen LogP contribution >= 0.6 is 0 Å². The summed E-state index contributed by atoms with van der Waals surface area (Å²) < 4.78 is 1.68. The molecule has 0 bridgehead atoms. The summed E-state index contributed by atoms with van der Waals surface area (Å²) in [5, 5.41) is 4.26. The predicted molar refractivity (Wildman–Crippen MR) is 84.5 cm³/mol. The molecule has 5 heteroatoms. The molecule has 2 aromatic heterocycles. The molecule has 1 aliphatic heterocycles. The Kier molecular flexibility index (Phi) is 4.22. The van der Waals surface area contributed by atoms with Crippen molar-refractivity contribution in [1.29, 1.82) is 0 Å². The van der Waals surface area contributed by atoms with Crippen molar-refractivity contribution < 1.29 is 4.79 Å². The molecule has 5 nitrogen and oxygen atoms in total. The van der Waals surface area contributed by atoms with Crippen molar-refractivity contribution in [3.63, 3.8) is 0 Å². The second-order valence-electron chi connectivity index (χ2n) is 6.10. The molecule has 116 valence electrons. The molecule has 22 heavy (non-hydrogen) atoms. The van der Waals surface area contributed by atoms with Gasteiger partial charge in [-0.2, -0.15) is 5.10 Å². The van der Waals surface area contributed by atoms with E-state index in [1.54, 1.807) is 10.9 Å². The first kappa shape index (κ1) is 14.8. The Bertz CT molecular complexity index is 642. The zero-order valence-corrected chi connectivity index (χ0v) is 13.2. The smallest absolute Gasteiger partial charge is 0.272 e. The number of carbonyl (C=O) groups is 1. The Morgan fingerprint density at radius 2 is 2.14 bits per heavy atom. The summed E-state index contributed by atoms with van der Waals surface area (Å²) in [6, 6.07) is 5.98. The first-order valence-electron chi connectivity index (χ1n) is 7.82. The van der Waals surface area contributed by atoms with Gasteiger partial charge in [0.05, 0.1) is 5.69 Å². The van der Waals surface area contributed by atoms with E-state index in [9.17, 15) is 4.79 Å². The Hall–Kier alpha value is -2.17. The van der Waals surface area contributed by atoms with Gasteiger partial charge in [0, 0.05) is 32.5 Å². The van der Waals surface area contributed by atoms with Gasteiger partial charge in [-0.15, -0.1) is 0 Å². The number of nitrogens with zero attached hydrogens (tertiary/aromatic N) is 4. The van der Waals surface area contributed by atoms with E-state index in [0.717, 1.165) is 38.0 Å². The van der Waals surface area contributed by atoms with Crippen LogP contribution in [0.5, 0.6) is 0 Å². The van der Waals surface area contributed by atoms with Gasteiger partial charge in [0.2, 0.25) is 0 Å². The molecule has 3 heterocycles. The van der Waals surface area contributed by atoms with Gasteiger partial charge >= 0.3 is 0 Å². The summed E-state index contributed by atoms with van der Waals surface area (Å²) in [4.78, 5) is 18.7. The fourth-order valence-electron chi connectivity index (χ4n) is 3.17. The van der Waals surface area contributed by atoms with Crippen LogP contribution in [0.4, 0.5) is 0 Å². The standard InChI is InChI=1S/C17H22N4O/c1-13-10-16(20(2)19-13)17(22)21-8-5-14(6-9-21)11-15-4-3-7-18-12-15/h3-4,7,10,12,14H,5-6,8-9,11H2,1-2H3. The number of piperidine rings is 1. The van der Waals surface area contributed by atoms with Gasteiger partial charge in [0.15, 0.2) is 0 Å². The van der Waals surface area contributed by atoms with Crippen molar-refractivity contribution in [3.8, 4) is 0 Å². The number of hydrogen-bond donors (Lipinski definition) is 0. The first-order valence-corrected chi connectivity index (χ1v) is 7.82. The largest absolute Gasteiger partial charge is 0.337 e. The number of aromatic nitrogens is 3. The zero-order valence-electron chi connectivity index (χ0n) is 13.2. The molecule has 3 rings (SSSR count). The van der Waals surface area contributed by atoms with E-state index >= 15 is 0 Å². The van der Waals surface area contributed by atoms with Crippen LogP contribution in [0.25, 0.3) is 0 Å². The quantitative estimate of drug-likeness (QED) is 0.873. The third kappa shape index (κ3) is 3.18. The van der Waals surface area contributed by atoms with Gasteiger partial charge in [0.25, 0.3) is 5.91 Å². The van der Waals surface area contributed by atoms with Crippen LogP contribution in [0.3, 0.4) is 0 Å². The molecule has 0 N–H and O–H groups in total. The van der Waals surface area contributed by atoms with Crippen LogP contribution < -0.4 is 0 Å². The predicted octanol–water partition coefficient (Wildman–Crippen LogP) is 2.22. The lowest BCUT2D eigenvalue weighted by molar-refractivity contribution is 0.0679. The van der Waals surface area contributed by atoms with E-state index in [-0.39, 0.29) is 5.91 Å². The molecular weight excluding hydrogens is 276 g/mol. The molecule has 0 radical (unpaired) electrons. The molecule has 0 saturated carbocycles. The van der Waals surface area contributed by atoms with Gasteiger partial charge < -0.3 is 4.90 Å². The lowest BCUT2D eigenvalue weighted by Crippen LogP contribution is -2.39. The van der Waals surface area contributed by atoms with E-state index in [4.69, 9.17) is 0 Å². The summed E-state index contributed by atoms with van der Waals surface area (Å²) in [5.74, 6) is 0.740. The maximum atomic E-state index is 12.6. The number of hydrogen-bond acceptors (Lipinski definition) is 3. The monoisotopic (exact) mass is 298 g/mol. The average Bonchev–Trinajstić information content (AvgIpc) is 2.87. The van der Waals surface area contributed by atoms with Crippen LogP contribution in [-0.2, 0) is 13.5 Å². The van der Waals surface area contributed by atoms with Crippen molar-refractivity contribution in [2.75, 3.05) is 13.1 Å². The minimum absolute atomic E-state index is 0.0999. The molecule has 1 amide bonds. The number of amides is 1. The van der Waals surface area contributed by atoms with E-state index in [1.165, 1.54) is 5.56 Å². The van der Waals surface area contributed by atoms with E-state index in [0.29, 0.717) is 11.6 Å². The Morgan fingerprint density at radius 3 is 2.73 bits per heavy atom. The van der Waals surface area contributed by atoms with Crippen LogP contribution in [0.1, 0.15) is 34.6 Å². The number of pyridine rings is 1. The van der Waals surface area contributed by atoms with E-state index < -0.39 is 0 Å². The highest BCUT2D eigenvalue weighted by Gasteiger charge is 2.25. The molecule has 1 saturated heterocycles. The number of likely N-dealkylation sites (tertiary alicyclic amines) is 1. The third-order valence-corrected chi connectivity index (χ3v) is 4.37. The SMILES string of the molecule is Cc1cc(C(=O)N2CCC(Cc3cccnc3)CC2)n(C)n1. The second kappa shape index (κ2) is 6.30. The van der Waals surface area contributed by atoms with Crippen molar-refractivity contribution >= 4 is 5.91 Å². The maximum Gasteiger partial charge on any atom is 0.272 e. The number of rotatable bonds is 3. The lowest BCUT2D eigenvalue weighted by Gasteiger charge is -2.32. The lowest BCUT2D eigenvalue weighted by atomic mass is 9.90. The highest BCUT2D eigenvalue weighted by atomic mass is 16.2. The van der Waals surface area contributed by atoms with Crippen LogP contribution in [0, 0.1) is 12.8 Å². The first-order chi connectivity index (χ1) is 10.6. The van der Waals surface area contributed by atoms with Crippen LogP contribution in [0.2, 0.25) is 0 Å². The molecule has 0 aliphatic carbocycles. The summed E-state index contributed by atoms with van der Waals surface area (Å²) in [6.07, 6.45) is 6.91. The molecule has 2 aromatic rings. The summed E-state index contributed by atoms with van der Waals surface area (Å²) in [6.45, 7) is 3.57. The fourth-order valence-corrected chi connectivity index (χ4v) is 3.17. The number of aryl methyl sites for hydroxylation is 2. The molecule has 1 aliphatic rings. The molecular formula is C17H22N4O. The van der Waals surface area contributed by atoms with Crippen molar-refractivity contribution in [1.82, 2.24) is 19.7 Å². The van der Waals surface area contributed by atoms with Crippen molar-refractivity contribution in [3.05, 3.63) is 47.5 Å². The van der Waals surface area contributed by atoms with Gasteiger partial charge in [-0.3, -0.25) is 14.5 Å².